The van der Waals surface area contributed by atoms with E-state index >= 15 is 0 Å². The molecule has 0 aliphatic heterocycles. The Kier molecular flexibility index (Phi) is 4.19. The predicted octanol–water partition coefficient (Wildman–Crippen LogP) is 0.621. The van der Waals surface area contributed by atoms with Gasteiger partial charge in [0.1, 0.15) is 6.17 Å². The van der Waals surface area contributed by atoms with Crippen molar-refractivity contribution in [2.24, 2.45) is 0 Å². The lowest BCUT2D eigenvalue weighted by atomic mass is 10.2. The summed E-state index contributed by atoms with van der Waals surface area (Å²) in [4.78, 5) is 0. The number of nitriles is 1. The summed E-state index contributed by atoms with van der Waals surface area (Å²) in [5.74, 6) is 0. The molecule has 0 heterocycles. The smallest absolute Gasteiger partial charge is 0.124 e. The van der Waals surface area contributed by atoms with Crippen LogP contribution in [-0.2, 0) is 0 Å². The molecular weight excluding hydrogens is 109 g/mol. The van der Waals surface area contributed by atoms with E-state index in [0.29, 0.717) is 0 Å². The Morgan fingerprint density at radius 2 is 2.38 bits per heavy atom. The van der Waals surface area contributed by atoms with Crippen molar-refractivity contribution in [2.75, 3.05) is 6.61 Å². The monoisotopic (exact) mass is 117 g/mol. The quantitative estimate of drug-likeness (QED) is 0.588. The fourth-order valence-electron chi connectivity index (χ4n) is 0.312. The Morgan fingerprint density at radius 1 is 1.75 bits per heavy atom. The maximum absolute atomic E-state index is 11.9. The van der Waals surface area contributed by atoms with E-state index in [1.165, 1.54) is 0 Å². The summed E-state index contributed by atoms with van der Waals surface area (Å²) in [6.45, 7) is -0.471. The van der Waals surface area contributed by atoms with E-state index in [4.69, 9.17) is 10.4 Å². The molecule has 0 aliphatic rings. The highest BCUT2D eigenvalue weighted by atomic mass is 19.1. The Bertz CT molecular complexity index is 88.9. The third-order valence-electron chi connectivity index (χ3n) is 0.767. The minimum absolute atomic E-state index is 0.146. The Labute approximate surface area is 47.6 Å². The van der Waals surface area contributed by atoms with Gasteiger partial charge in [-0.1, -0.05) is 0 Å². The van der Waals surface area contributed by atoms with Gasteiger partial charge in [-0.3, -0.25) is 0 Å². The lowest BCUT2D eigenvalue weighted by Gasteiger charge is -1.96. The van der Waals surface area contributed by atoms with Gasteiger partial charge in [-0.05, 0) is 6.42 Å². The third kappa shape index (κ3) is 3.57. The van der Waals surface area contributed by atoms with Crippen LogP contribution in [-0.4, -0.2) is 17.9 Å². The van der Waals surface area contributed by atoms with E-state index in [0.717, 1.165) is 0 Å². The van der Waals surface area contributed by atoms with Crippen LogP contribution in [0.25, 0.3) is 0 Å². The molecule has 3 heteroatoms. The summed E-state index contributed by atoms with van der Waals surface area (Å²) in [5, 5.41) is 16.0. The van der Waals surface area contributed by atoms with E-state index in [9.17, 15) is 4.39 Å². The van der Waals surface area contributed by atoms with Crippen molar-refractivity contribution in [3.05, 3.63) is 0 Å². The molecule has 2 nitrogen and oxygen atoms in total. The Morgan fingerprint density at radius 3 is 2.75 bits per heavy atom. The second kappa shape index (κ2) is 4.54. The molecule has 1 N–H and O–H groups in total. The molecule has 0 rings (SSSR count). The van der Waals surface area contributed by atoms with Crippen LogP contribution in [0.4, 0.5) is 4.39 Å². The van der Waals surface area contributed by atoms with Gasteiger partial charge in [0, 0.05) is 6.42 Å². The van der Waals surface area contributed by atoms with E-state index in [1.807, 2.05) is 0 Å². The summed E-state index contributed by atoms with van der Waals surface area (Å²) in [5.41, 5.74) is 0. The minimum atomic E-state index is -1.21. The number of hydrogen-bond donors (Lipinski definition) is 1. The summed E-state index contributed by atoms with van der Waals surface area (Å²) < 4.78 is 11.9. The number of hydrogen-bond acceptors (Lipinski definition) is 2. The molecule has 0 saturated heterocycles. The van der Waals surface area contributed by atoms with Gasteiger partial charge in [-0.15, -0.1) is 0 Å². The molecule has 1 atom stereocenters. The summed E-state index contributed by atoms with van der Waals surface area (Å²) in [6, 6.07) is 1.78. The molecule has 46 valence electrons. The van der Waals surface area contributed by atoms with Crippen LogP contribution in [0.2, 0.25) is 0 Å². The predicted molar refractivity (Wildman–Crippen MR) is 26.8 cm³/mol. The number of halogens is 1. The summed E-state index contributed by atoms with van der Waals surface area (Å²) in [7, 11) is 0. The number of rotatable bonds is 3. The molecule has 0 spiro atoms. The highest BCUT2D eigenvalue weighted by Gasteiger charge is 2.01. The lowest BCUT2D eigenvalue weighted by molar-refractivity contribution is 0.171. The average Bonchev–Trinajstić information content (AvgIpc) is 1.83. The Hall–Kier alpha value is -0.620. The van der Waals surface area contributed by atoms with Gasteiger partial charge in [-0.2, -0.15) is 5.26 Å². The zero-order valence-electron chi connectivity index (χ0n) is 4.47. The standard InChI is InChI=1S/C5H8FNO/c6-5(4-8)2-1-3-7/h5,8H,1-2,4H2. The van der Waals surface area contributed by atoms with E-state index in [1.54, 1.807) is 6.07 Å². The van der Waals surface area contributed by atoms with Gasteiger partial charge < -0.3 is 5.11 Å². The van der Waals surface area contributed by atoms with Gasteiger partial charge in [-0.25, -0.2) is 4.39 Å². The molecule has 0 radical (unpaired) electrons. The van der Waals surface area contributed by atoms with E-state index in [-0.39, 0.29) is 12.8 Å². The van der Waals surface area contributed by atoms with Gasteiger partial charge in [0.2, 0.25) is 0 Å². The molecule has 0 fully saturated rings. The van der Waals surface area contributed by atoms with Crippen molar-refractivity contribution in [3.63, 3.8) is 0 Å². The minimum Gasteiger partial charge on any atom is -0.393 e. The number of alkyl halides is 1. The number of aliphatic hydroxyl groups excluding tert-OH is 1. The molecule has 0 amide bonds. The van der Waals surface area contributed by atoms with Crippen molar-refractivity contribution in [1.82, 2.24) is 0 Å². The molecule has 0 aromatic carbocycles. The third-order valence-corrected chi connectivity index (χ3v) is 0.767. The van der Waals surface area contributed by atoms with Gasteiger partial charge in [0.25, 0.3) is 0 Å². The lowest BCUT2D eigenvalue weighted by Crippen LogP contribution is -2.04. The van der Waals surface area contributed by atoms with Gasteiger partial charge >= 0.3 is 0 Å². The van der Waals surface area contributed by atoms with Gasteiger partial charge in [0.05, 0.1) is 12.7 Å². The molecule has 1 unspecified atom stereocenters. The first-order valence-corrected chi connectivity index (χ1v) is 2.43. The highest BCUT2D eigenvalue weighted by molar-refractivity contribution is 4.70. The normalized spacial score (nSPS) is 12.6. The van der Waals surface area contributed by atoms with Crippen LogP contribution in [0.15, 0.2) is 0 Å². The Balaban J connectivity index is 3.01. The second-order valence-electron chi connectivity index (χ2n) is 1.48. The fourth-order valence-corrected chi connectivity index (χ4v) is 0.312. The fraction of sp³-hybridized carbons (Fsp3) is 0.800. The van der Waals surface area contributed by atoms with Crippen LogP contribution in [0.1, 0.15) is 12.8 Å². The maximum atomic E-state index is 11.9. The SMILES string of the molecule is N#CCCC(F)CO. The van der Waals surface area contributed by atoms with E-state index < -0.39 is 12.8 Å². The second-order valence-corrected chi connectivity index (χ2v) is 1.48. The zero-order chi connectivity index (χ0) is 6.41. The molecule has 0 bridgehead atoms. The first-order valence-electron chi connectivity index (χ1n) is 2.43. The molecule has 0 aliphatic carbocycles. The first kappa shape index (κ1) is 7.38. The summed E-state index contributed by atoms with van der Waals surface area (Å²) >= 11 is 0. The molecular formula is C5H8FNO. The molecule has 0 aromatic heterocycles. The van der Waals surface area contributed by atoms with E-state index in [2.05, 4.69) is 0 Å². The topological polar surface area (TPSA) is 44.0 Å². The van der Waals surface area contributed by atoms with Crippen molar-refractivity contribution in [1.29, 1.82) is 5.26 Å². The summed E-state index contributed by atoms with van der Waals surface area (Å²) in [6.07, 6.45) is -0.885. The van der Waals surface area contributed by atoms with Crippen LogP contribution in [0.3, 0.4) is 0 Å². The van der Waals surface area contributed by atoms with Crippen LogP contribution < -0.4 is 0 Å². The van der Waals surface area contributed by atoms with Crippen molar-refractivity contribution < 1.29 is 9.50 Å². The molecule has 0 aromatic rings. The van der Waals surface area contributed by atoms with Crippen LogP contribution in [0, 0.1) is 11.3 Å². The van der Waals surface area contributed by atoms with Crippen molar-refractivity contribution >= 4 is 0 Å². The van der Waals surface area contributed by atoms with Gasteiger partial charge in [0.15, 0.2) is 0 Å². The maximum Gasteiger partial charge on any atom is 0.124 e. The zero-order valence-corrected chi connectivity index (χ0v) is 4.47. The molecule has 0 saturated carbocycles. The first-order chi connectivity index (χ1) is 3.81. The van der Waals surface area contributed by atoms with Crippen LogP contribution >= 0.6 is 0 Å². The van der Waals surface area contributed by atoms with Crippen molar-refractivity contribution in [3.8, 4) is 6.07 Å². The number of nitrogens with zero attached hydrogens (tertiary/aromatic N) is 1. The van der Waals surface area contributed by atoms with Crippen LogP contribution in [0.5, 0.6) is 0 Å². The average molecular weight is 117 g/mol. The van der Waals surface area contributed by atoms with Crippen molar-refractivity contribution in [2.45, 2.75) is 19.0 Å². The number of aliphatic hydroxyl groups is 1. The largest absolute Gasteiger partial charge is 0.393 e. The molecule has 8 heavy (non-hydrogen) atoms. The highest BCUT2D eigenvalue weighted by Crippen LogP contribution is 1.98.